The topological polar surface area (TPSA) is 107 Å². The van der Waals surface area contributed by atoms with Crippen LogP contribution in [-0.4, -0.2) is 57.8 Å². The molecule has 38 heavy (non-hydrogen) atoms. The number of halogens is 1. The molecule has 1 N–H and O–H groups in total. The minimum atomic E-state index is -0.808. The van der Waals surface area contributed by atoms with E-state index in [1.807, 2.05) is 12.1 Å². The average Bonchev–Trinajstić information content (AvgIpc) is 3.44. The summed E-state index contributed by atoms with van der Waals surface area (Å²) >= 11 is 0. The number of ether oxygens (including phenoxy) is 2. The van der Waals surface area contributed by atoms with Gasteiger partial charge in [0.1, 0.15) is 23.0 Å². The van der Waals surface area contributed by atoms with Gasteiger partial charge in [-0.25, -0.2) is 4.39 Å². The lowest BCUT2D eigenvalue weighted by atomic mass is 10.00. The van der Waals surface area contributed by atoms with Crippen LogP contribution >= 0.6 is 0 Å². The van der Waals surface area contributed by atoms with E-state index >= 15 is 0 Å². The summed E-state index contributed by atoms with van der Waals surface area (Å²) in [5, 5.41) is 10.9. The molecule has 1 aliphatic rings. The van der Waals surface area contributed by atoms with Crippen LogP contribution < -0.4 is 15.0 Å². The van der Waals surface area contributed by atoms with Crippen LogP contribution in [0.3, 0.4) is 0 Å². The summed E-state index contributed by atoms with van der Waals surface area (Å²) in [4.78, 5) is 37.5. The van der Waals surface area contributed by atoms with Crippen molar-refractivity contribution in [3.05, 3.63) is 94.3 Å². The highest BCUT2D eigenvalue weighted by atomic mass is 19.1. The minimum absolute atomic E-state index is 0.0112. The van der Waals surface area contributed by atoms with E-state index in [9.17, 15) is 19.1 Å². The Morgan fingerprint density at radius 3 is 2.32 bits per heavy atom. The fraction of sp³-hybridized carbons (Fsp3) is 0.214. The summed E-state index contributed by atoms with van der Waals surface area (Å²) in [5.41, 5.74) is 0.292. The SMILES string of the molecule is COc1cccc(OC)c1-n1c(-c2ccc(F)cc2)nc(O)c(C(=O)N2CCC(c3ccncc3)C2)c1=O. The van der Waals surface area contributed by atoms with Crippen molar-refractivity contribution in [3.8, 4) is 34.5 Å². The monoisotopic (exact) mass is 516 g/mol. The van der Waals surface area contributed by atoms with Crippen LogP contribution in [0.1, 0.15) is 28.3 Å². The number of likely N-dealkylation sites (tertiary alicyclic amines) is 1. The Morgan fingerprint density at radius 1 is 1.03 bits per heavy atom. The maximum atomic E-state index is 14.1. The number of hydrogen-bond acceptors (Lipinski definition) is 7. The van der Waals surface area contributed by atoms with Crippen molar-refractivity contribution in [2.75, 3.05) is 27.3 Å². The zero-order valence-electron chi connectivity index (χ0n) is 20.8. The molecule has 194 valence electrons. The van der Waals surface area contributed by atoms with Crippen LogP contribution in [-0.2, 0) is 0 Å². The molecule has 0 spiro atoms. The molecule has 10 heteroatoms. The molecule has 0 bridgehead atoms. The molecule has 0 aliphatic carbocycles. The number of benzene rings is 2. The summed E-state index contributed by atoms with van der Waals surface area (Å²) in [7, 11) is 2.87. The lowest BCUT2D eigenvalue weighted by Crippen LogP contribution is -2.36. The number of carbonyl (C=O) groups excluding carboxylic acids is 1. The Labute approximate surface area is 217 Å². The van der Waals surface area contributed by atoms with Gasteiger partial charge >= 0.3 is 0 Å². The second-order valence-corrected chi connectivity index (χ2v) is 8.81. The first kappa shape index (κ1) is 24.9. The molecule has 1 aliphatic heterocycles. The van der Waals surface area contributed by atoms with Crippen molar-refractivity contribution in [2.24, 2.45) is 0 Å². The lowest BCUT2D eigenvalue weighted by Gasteiger charge is -2.21. The Morgan fingerprint density at radius 2 is 1.68 bits per heavy atom. The summed E-state index contributed by atoms with van der Waals surface area (Å²) in [6.07, 6.45) is 4.10. The van der Waals surface area contributed by atoms with Gasteiger partial charge in [-0.15, -0.1) is 0 Å². The van der Waals surface area contributed by atoms with Gasteiger partial charge in [-0.05, 0) is 60.5 Å². The molecule has 1 unspecified atom stereocenters. The number of aromatic hydroxyl groups is 1. The quantitative estimate of drug-likeness (QED) is 0.416. The number of carbonyl (C=O) groups is 1. The first-order chi connectivity index (χ1) is 18.4. The molecule has 2 aromatic heterocycles. The number of amides is 1. The number of para-hydroxylation sites is 1. The summed E-state index contributed by atoms with van der Waals surface area (Å²) in [5.74, 6) is -1.21. The molecule has 4 aromatic rings. The fourth-order valence-corrected chi connectivity index (χ4v) is 4.76. The van der Waals surface area contributed by atoms with E-state index in [0.717, 1.165) is 10.1 Å². The third-order valence-electron chi connectivity index (χ3n) is 6.66. The standard InChI is InChI=1S/C28H25FN4O5/c1-37-21-4-3-5-22(38-2)24(21)33-25(18-6-8-20(29)9-7-18)31-26(34)23(28(33)36)27(35)32-15-12-19(16-32)17-10-13-30-14-11-17/h3-11,13-14,19,34H,12,15-16H2,1-2H3. The van der Waals surface area contributed by atoms with Gasteiger partial charge in [0.15, 0.2) is 11.4 Å². The molecule has 2 aromatic carbocycles. The first-order valence-corrected chi connectivity index (χ1v) is 12.0. The molecular weight excluding hydrogens is 491 g/mol. The maximum Gasteiger partial charge on any atom is 0.275 e. The smallest absolute Gasteiger partial charge is 0.275 e. The maximum absolute atomic E-state index is 14.1. The molecule has 1 fully saturated rings. The molecule has 3 heterocycles. The Hall–Kier alpha value is -4.73. The van der Waals surface area contributed by atoms with E-state index in [-0.39, 0.29) is 28.9 Å². The Balaban J connectivity index is 1.67. The zero-order valence-corrected chi connectivity index (χ0v) is 20.8. The van der Waals surface area contributed by atoms with E-state index in [1.54, 1.807) is 30.6 Å². The van der Waals surface area contributed by atoms with Crippen molar-refractivity contribution in [1.82, 2.24) is 19.4 Å². The lowest BCUT2D eigenvalue weighted by molar-refractivity contribution is 0.0784. The molecule has 1 atom stereocenters. The molecule has 0 radical (unpaired) electrons. The normalized spacial score (nSPS) is 14.9. The van der Waals surface area contributed by atoms with Crippen LogP contribution in [0.25, 0.3) is 17.1 Å². The van der Waals surface area contributed by atoms with Crippen molar-refractivity contribution in [3.63, 3.8) is 0 Å². The fourth-order valence-electron chi connectivity index (χ4n) is 4.76. The highest BCUT2D eigenvalue weighted by Gasteiger charge is 2.33. The summed E-state index contributed by atoms with van der Waals surface area (Å²) < 4.78 is 25.9. The van der Waals surface area contributed by atoms with Crippen LogP contribution in [0.15, 0.2) is 71.8 Å². The van der Waals surface area contributed by atoms with Crippen LogP contribution in [0.5, 0.6) is 17.4 Å². The number of hydrogen-bond donors (Lipinski definition) is 1. The number of nitrogens with zero attached hydrogens (tertiary/aromatic N) is 4. The number of aromatic nitrogens is 3. The first-order valence-electron chi connectivity index (χ1n) is 12.0. The van der Waals surface area contributed by atoms with Gasteiger partial charge in [-0.3, -0.25) is 19.1 Å². The third-order valence-corrected chi connectivity index (χ3v) is 6.66. The Bertz CT molecular complexity index is 1520. The third kappa shape index (κ3) is 4.45. The Kier molecular flexibility index (Phi) is 6.78. The van der Waals surface area contributed by atoms with E-state index < -0.39 is 28.7 Å². The van der Waals surface area contributed by atoms with Crippen LogP contribution in [0, 0.1) is 5.82 Å². The second-order valence-electron chi connectivity index (χ2n) is 8.81. The largest absolute Gasteiger partial charge is 0.494 e. The highest BCUT2D eigenvalue weighted by Crippen LogP contribution is 2.35. The summed E-state index contributed by atoms with van der Waals surface area (Å²) in [6, 6.07) is 14.0. The van der Waals surface area contributed by atoms with Gasteiger partial charge in [0.05, 0.1) is 14.2 Å². The van der Waals surface area contributed by atoms with E-state index in [1.165, 1.54) is 43.4 Å². The number of methoxy groups -OCH3 is 2. The molecule has 9 nitrogen and oxygen atoms in total. The van der Waals surface area contributed by atoms with Crippen LogP contribution in [0.2, 0.25) is 0 Å². The van der Waals surface area contributed by atoms with Crippen LogP contribution in [0.4, 0.5) is 4.39 Å². The van der Waals surface area contributed by atoms with Crippen molar-refractivity contribution in [1.29, 1.82) is 0 Å². The average molecular weight is 517 g/mol. The van der Waals surface area contributed by atoms with Gasteiger partial charge in [-0.1, -0.05) is 6.07 Å². The molecular formula is C28H25FN4O5. The molecule has 5 rings (SSSR count). The highest BCUT2D eigenvalue weighted by molar-refractivity contribution is 5.96. The van der Waals surface area contributed by atoms with E-state index in [0.29, 0.717) is 25.1 Å². The van der Waals surface area contributed by atoms with Gasteiger partial charge in [-0.2, -0.15) is 4.98 Å². The minimum Gasteiger partial charge on any atom is -0.494 e. The molecule has 1 amide bonds. The van der Waals surface area contributed by atoms with Gasteiger partial charge in [0, 0.05) is 37.0 Å². The number of rotatable bonds is 6. The van der Waals surface area contributed by atoms with Crippen molar-refractivity contribution < 1.29 is 23.8 Å². The van der Waals surface area contributed by atoms with Crippen molar-refractivity contribution >= 4 is 5.91 Å². The predicted molar refractivity (Wildman–Crippen MR) is 137 cm³/mol. The van der Waals surface area contributed by atoms with Crippen molar-refractivity contribution in [2.45, 2.75) is 12.3 Å². The van der Waals surface area contributed by atoms with Gasteiger partial charge in [0.2, 0.25) is 5.88 Å². The zero-order chi connectivity index (χ0) is 26.8. The predicted octanol–water partition coefficient (Wildman–Crippen LogP) is 3.79. The number of pyridine rings is 1. The van der Waals surface area contributed by atoms with Gasteiger partial charge < -0.3 is 19.5 Å². The second kappa shape index (κ2) is 10.3. The van der Waals surface area contributed by atoms with E-state index in [2.05, 4.69) is 9.97 Å². The van der Waals surface area contributed by atoms with Gasteiger partial charge in [0.25, 0.3) is 11.5 Å². The molecule has 0 saturated carbocycles. The molecule has 1 saturated heterocycles. The summed E-state index contributed by atoms with van der Waals surface area (Å²) in [6.45, 7) is 0.780. The van der Waals surface area contributed by atoms with E-state index in [4.69, 9.17) is 9.47 Å².